The molecule has 8 nitrogen and oxygen atoms in total. The van der Waals surface area contributed by atoms with E-state index in [1.54, 1.807) is 13.1 Å². The standard InChI is InChI=1S/C23H23N3O5S2/c1-25(16-17-6-4-3-5-7-17)33(30,31)20-10-8-19(9-11-20)24-32(28,29)21-12-13-22-18(14-21)15-23(27)26(22)2/h3-14,24H,15-16H2,1-2H3. The van der Waals surface area contributed by atoms with Crippen molar-refractivity contribution < 1.29 is 21.6 Å². The Balaban J connectivity index is 1.50. The zero-order valence-electron chi connectivity index (χ0n) is 18.1. The van der Waals surface area contributed by atoms with Crippen molar-refractivity contribution in [3.05, 3.63) is 83.9 Å². The van der Waals surface area contributed by atoms with Crippen LogP contribution in [-0.4, -0.2) is 41.1 Å². The van der Waals surface area contributed by atoms with E-state index in [4.69, 9.17) is 0 Å². The summed E-state index contributed by atoms with van der Waals surface area (Å²) in [5, 5.41) is 0. The van der Waals surface area contributed by atoms with Crippen LogP contribution in [0, 0.1) is 0 Å². The predicted octanol–water partition coefficient (Wildman–Crippen LogP) is 2.83. The number of likely N-dealkylation sites (N-methyl/N-ethyl adjacent to an activating group) is 1. The zero-order chi connectivity index (χ0) is 23.8. The van der Waals surface area contributed by atoms with Crippen molar-refractivity contribution in [1.29, 1.82) is 0 Å². The quantitative estimate of drug-likeness (QED) is 0.554. The summed E-state index contributed by atoms with van der Waals surface area (Å²) in [6, 6.07) is 19.3. The Labute approximate surface area is 193 Å². The minimum Gasteiger partial charge on any atom is -0.315 e. The predicted molar refractivity (Wildman–Crippen MR) is 126 cm³/mol. The monoisotopic (exact) mass is 485 g/mol. The molecular formula is C23H23N3O5S2. The lowest BCUT2D eigenvalue weighted by molar-refractivity contribution is -0.117. The molecule has 1 aliphatic heterocycles. The molecule has 1 N–H and O–H groups in total. The maximum absolute atomic E-state index is 12.9. The van der Waals surface area contributed by atoms with Gasteiger partial charge in [-0.25, -0.2) is 16.8 Å². The number of amides is 1. The highest BCUT2D eigenvalue weighted by Gasteiger charge is 2.26. The van der Waals surface area contributed by atoms with Gasteiger partial charge in [-0.1, -0.05) is 30.3 Å². The van der Waals surface area contributed by atoms with Crippen molar-refractivity contribution in [3.63, 3.8) is 0 Å². The van der Waals surface area contributed by atoms with Crippen LogP contribution in [0.25, 0.3) is 0 Å². The Hall–Kier alpha value is -3.21. The number of sulfonamides is 2. The summed E-state index contributed by atoms with van der Waals surface area (Å²) in [5.41, 5.74) is 2.42. The molecule has 0 unspecified atom stereocenters. The summed E-state index contributed by atoms with van der Waals surface area (Å²) in [5.74, 6) is -0.0958. The van der Waals surface area contributed by atoms with E-state index in [0.717, 1.165) is 5.56 Å². The van der Waals surface area contributed by atoms with Crippen molar-refractivity contribution in [2.75, 3.05) is 23.7 Å². The summed E-state index contributed by atoms with van der Waals surface area (Å²) in [7, 11) is -4.52. The van der Waals surface area contributed by atoms with Gasteiger partial charge in [0.05, 0.1) is 16.2 Å². The molecule has 0 saturated heterocycles. The molecule has 3 aromatic rings. The molecule has 0 radical (unpaired) electrons. The van der Waals surface area contributed by atoms with Gasteiger partial charge in [-0.05, 0) is 53.6 Å². The van der Waals surface area contributed by atoms with Gasteiger partial charge >= 0.3 is 0 Å². The molecule has 172 valence electrons. The van der Waals surface area contributed by atoms with Crippen LogP contribution >= 0.6 is 0 Å². The summed E-state index contributed by atoms with van der Waals surface area (Å²) < 4.78 is 55.1. The molecule has 0 fully saturated rings. The fraction of sp³-hybridized carbons (Fsp3) is 0.174. The van der Waals surface area contributed by atoms with E-state index in [-0.39, 0.29) is 34.4 Å². The topological polar surface area (TPSA) is 104 Å². The van der Waals surface area contributed by atoms with E-state index in [9.17, 15) is 21.6 Å². The highest BCUT2D eigenvalue weighted by atomic mass is 32.2. The number of hydrogen-bond acceptors (Lipinski definition) is 5. The van der Waals surface area contributed by atoms with Crippen molar-refractivity contribution in [2.45, 2.75) is 22.8 Å². The highest BCUT2D eigenvalue weighted by molar-refractivity contribution is 7.92. The molecule has 10 heteroatoms. The van der Waals surface area contributed by atoms with Crippen LogP contribution in [0.2, 0.25) is 0 Å². The second-order valence-electron chi connectivity index (χ2n) is 7.80. The Morgan fingerprint density at radius 3 is 2.21 bits per heavy atom. The average Bonchev–Trinajstić information content (AvgIpc) is 3.07. The molecule has 0 atom stereocenters. The third-order valence-electron chi connectivity index (χ3n) is 5.50. The van der Waals surface area contributed by atoms with E-state index in [0.29, 0.717) is 11.3 Å². The van der Waals surface area contributed by atoms with Crippen LogP contribution in [0.5, 0.6) is 0 Å². The summed E-state index contributed by atoms with van der Waals surface area (Å²) in [4.78, 5) is 13.4. The van der Waals surface area contributed by atoms with E-state index in [2.05, 4.69) is 4.72 Å². The first kappa shape index (κ1) is 23.0. The van der Waals surface area contributed by atoms with E-state index < -0.39 is 20.0 Å². The molecule has 3 aromatic carbocycles. The Kier molecular flexibility index (Phi) is 6.00. The first-order chi connectivity index (χ1) is 15.6. The number of anilines is 2. The number of benzene rings is 3. The zero-order valence-corrected chi connectivity index (χ0v) is 19.7. The lowest BCUT2D eigenvalue weighted by atomic mass is 10.2. The smallest absolute Gasteiger partial charge is 0.261 e. The van der Waals surface area contributed by atoms with Crippen molar-refractivity contribution in [1.82, 2.24) is 4.31 Å². The van der Waals surface area contributed by atoms with Gasteiger partial charge in [0, 0.05) is 32.0 Å². The van der Waals surface area contributed by atoms with Gasteiger partial charge < -0.3 is 4.90 Å². The highest BCUT2D eigenvalue weighted by Crippen LogP contribution is 2.30. The molecule has 0 bridgehead atoms. The Bertz CT molecular complexity index is 1400. The fourth-order valence-corrected chi connectivity index (χ4v) is 5.90. The van der Waals surface area contributed by atoms with Crippen molar-refractivity contribution in [2.24, 2.45) is 0 Å². The van der Waals surface area contributed by atoms with Gasteiger partial charge in [0.1, 0.15) is 0 Å². The third kappa shape index (κ3) is 4.63. The maximum atomic E-state index is 12.9. The normalized spacial score (nSPS) is 13.9. The first-order valence-corrected chi connectivity index (χ1v) is 13.0. The minimum atomic E-state index is -3.91. The van der Waals surface area contributed by atoms with Gasteiger partial charge in [-0.15, -0.1) is 0 Å². The molecule has 1 amide bonds. The molecule has 33 heavy (non-hydrogen) atoms. The maximum Gasteiger partial charge on any atom is 0.261 e. The number of hydrogen-bond donors (Lipinski definition) is 1. The largest absolute Gasteiger partial charge is 0.315 e. The van der Waals surface area contributed by atoms with Crippen LogP contribution in [-0.2, 0) is 37.8 Å². The lowest BCUT2D eigenvalue weighted by Crippen LogP contribution is -2.26. The van der Waals surface area contributed by atoms with Crippen LogP contribution in [0.15, 0.2) is 82.6 Å². The molecular weight excluding hydrogens is 462 g/mol. The van der Waals surface area contributed by atoms with E-state index in [1.165, 1.54) is 52.7 Å². The van der Waals surface area contributed by atoms with Gasteiger partial charge in [-0.2, -0.15) is 4.31 Å². The van der Waals surface area contributed by atoms with Gasteiger partial charge in [-0.3, -0.25) is 9.52 Å². The molecule has 4 rings (SSSR count). The molecule has 0 spiro atoms. The summed E-state index contributed by atoms with van der Waals surface area (Å²) >= 11 is 0. The fourth-order valence-electron chi connectivity index (χ4n) is 3.63. The third-order valence-corrected chi connectivity index (χ3v) is 8.70. The van der Waals surface area contributed by atoms with Crippen LogP contribution in [0.1, 0.15) is 11.1 Å². The van der Waals surface area contributed by atoms with Crippen LogP contribution < -0.4 is 9.62 Å². The van der Waals surface area contributed by atoms with Gasteiger partial charge in [0.2, 0.25) is 15.9 Å². The van der Waals surface area contributed by atoms with Crippen LogP contribution in [0.4, 0.5) is 11.4 Å². The van der Waals surface area contributed by atoms with E-state index >= 15 is 0 Å². The number of carbonyl (C=O) groups excluding carboxylic acids is 1. The van der Waals surface area contributed by atoms with E-state index in [1.807, 2.05) is 30.3 Å². The molecule has 1 aliphatic rings. The SMILES string of the molecule is CN1C(=O)Cc2cc(S(=O)(=O)Nc3ccc(S(=O)(=O)N(C)Cc4ccccc4)cc3)ccc21. The van der Waals surface area contributed by atoms with Crippen molar-refractivity contribution >= 4 is 37.3 Å². The summed E-state index contributed by atoms with van der Waals surface area (Å²) in [6.45, 7) is 0.216. The van der Waals surface area contributed by atoms with Gasteiger partial charge in [0.25, 0.3) is 10.0 Å². The Morgan fingerprint density at radius 2 is 1.55 bits per heavy atom. The molecule has 0 aromatic heterocycles. The lowest BCUT2D eigenvalue weighted by Gasteiger charge is -2.17. The molecule has 1 heterocycles. The average molecular weight is 486 g/mol. The number of rotatable bonds is 7. The Morgan fingerprint density at radius 1 is 0.909 bits per heavy atom. The van der Waals surface area contributed by atoms with Crippen LogP contribution in [0.3, 0.4) is 0 Å². The first-order valence-electron chi connectivity index (χ1n) is 10.1. The van der Waals surface area contributed by atoms with Gasteiger partial charge in [0.15, 0.2) is 0 Å². The number of nitrogens with zero attached hydrogens (tertiary/aromatic N) is 2. The number of carbonyl (C=O) groups is 1. The number of nitrogens with one attached hydrogen (secondary N) is 1. The number of fused-ring (bicyclic) bond motifs is 1. The minimum absolute atomic E-state index is 0.0312. The molecule has 0 saturated carbocycles. The van der Waals surface area contributed by atoms with Crippen molar-refractivity contribution in [3.8, 4) is 0 Å². The molecule has 0 aliphatic carbocycles. The second kappa shape index (κ2) is 8.62. The summed E-state index contributed by atoms with van der Waals surface area (Å²) in [6.07, 6.45) is 0.151. The second-order valence-corrected chi connectivity index (χ2v) is 11.5.